The number of nitrogens with zero attached hydrogens (tertiary/aromatic N) is 1. The Labute approximate surface area is 94.8 Å². The summed E-state index contributed by atoms with van der Waals surface area (Å²) in [5.74, 6) is 0.0638. The van der Waals surface area contributed by atoms with Gasteiger partial charge in [0.1, 0.15) is 5.82 Å². The van der Waals surface area contributed by atoms with Crippen LogP contribution in [-0.2, 0) is 0 Å². The molecule has 1 aromatic carbocycles. The summed E-state index contributed by atoms with van der Waals surface area (Å²) < 4.78 is 12.8. The molecule has 2 nitrogen and oxygen atoms in total. The summed E-state index contributed by atoms with van der Waals surface area (Å²) in [4.78, 5) is 0. The number of oxime groups is 1. The van der Waals surface area contributed by atoms with Gasteiger partial charge in [0.2, 0.25) is 0 Å². The molecule has 0 spiro atoms. The monoisotopic (exact) mass is 221 g/mol. The van der Waals surface area contributed by atoms with Crippen molar-refractivity contribution in [2.24, 2.45) is 11.1 Å². The largest absolute Gasteiger partial charge is 0.411 e. The van der Waals surface area contributed by atoms with E-state index in [0.29, 0.717) is 11.6 Å². The Kier molecular flexibility index (Phi) is 3.54. The first-order chi connectivity index (χ1) is 7.81. The summed E-state index contributed by atoms with van der Waals surface area (Å²) in [6.45, 7) is 0. The van der Waals surface area contributed by atoms with E-state index in [1.54, 1.807) is 12.1 Å². The standard InChI is InChI=1S/C13H16FNO/c14-12-8-6-11(7-9-12)13(15-16)10-4-2-1-3-5-10/h6-10,16H,1-5H2/b15-13-. The number of benzene rings is 1. The molecule has 0 aliphatic heterocycles. The minimum absolute atomic E-state index is 0.260. The van der Waals surface area contributed by atoms with E-state index >= 15 is 0 Å². The minimum Gasteiger partial charge on any atom is -0.411 e. The molecular formula is C13H16FNO. The number of halogens is 1. The van der Waals surface area contributed by atoms with E-state index in [2.05, 4.69) is 5.16 Å². The second kappa shape index (κ2) is 5.10. The molecule has 0 atom stereocenters. The zero-order chi connectivity index (χ0) is 11.4. The van der Waals surface area contributed by atoms with Gasteiger partial charge in [-0.1, -0.05) is 36.6 Å². The van der Waals surface area contributed by atoms with E-state index in [1.165, 1.54) is 31.4 Å². The van der Waals surface area contributed by atoms with Gasteiger partial charge >= 0.3 is 0 Å². The first-order valence-corrected chi connectivity index (χ1v) is 5.79. The molecule has 3 heteroatoms. The molecule has 1 N–H and O–H groups in total. The van der Waals surface area contributed by atoms with Gasteiger partial charge in [-0.05, 0) is 30.5 Å². The first kappa shape index (κ1) is 11.1. The SMILES string of the molecule is O/N=C(\c1ccc(F)cc1)C1CCCCC1. The lowest BCUT2D eigenvalue weighted by molar-refractivity contribution is 0.310. The summed E-state index contributed by atoms with van der Waals surface area (Å²) >= 11 is 0. The molecule has 86 valence electrons. The van der Waals surface area contributed by atoms with Crippen molar-refractivity contribution in [3.63, 3.8) is 0 Å². The summed E-state index contributed by atoms with van der Waals surface area (Å²) in [6, 6.07) is 6.17. The first-order valence-electron chi connectivity index (χ1n) is 5.79. The lowest BCUT2D eigenvalue weighted by Crippen LogP contribution is -2.19. The molecule has 0 amide bonds. The highest BCUT2D eigenvalue weighted by molar-refractivity contribution is 6.01. The Morgan fingerprint density at radius 1 is 1.12 bits per heavy atom. The number of rotatable bonds is 2. The fourth-order valence-electron chi connectivity index (χ4n) is 2.37. The van der Waals surface area contributed by atoms with E-state index in [-0.39, 0.29) is 5.82 Å². The van der Waals surface area contributed by atoms with Crippen LogP contribution in [0, 0.1) is 11.7 Å². The molecule has 1 aliphatic rings. The van der Waals surface area contributed by atoms with Crippen LogP contribution in [0.3, 0.4) is 0 Å². The van der Waals surface area contributed by atoms with Crippen molar-refractivity contribution in [1.82, 2.24) is 0 Å². The Hall–Kier alpha value is -1.38. The van der Waals surface area contributed by atoms with Gasteiger partial charge in [-0.2, -0.15) is 0 Å². The zero-order valence-corrected chi connectivity index (χ0v) is 9.19. The molecule has 1 aliphatic carbocycles. The summed E-state index contributed by atoms with van der Waals surface area (Å²) in [6.07, 6.45) is 5.77. The van der Waals surface area contributed by atoms with Crippen LogP contribution < -0.4 is 0 Å². The van der Waals surface area contributed by atoms with Gasteiger partial charge in [-0.15, -0.1) is 0 Å². The van der Waals surface area contributed by atoms with Crippen LogP contribution in [0.2, 0.25) is 0 Å². The van der Waals surface area contributed by atoms with Gasteiger partial charge in [0, 0.05) is 5.92 Å². The second-order valence-corrected chi connectivity index (χ2v) is 4.33. The van der Waals surface area contributed by atoms with Crippen molar-refractivity contribution in [1.29, 1.82) is 0 Å². The molecular weight excluding hydrogens is 205 g/mol. The normalized spacial score (nSPS) is 18.7. The van der Waals surface area contributed by atoms with Crippen LogP contribution in [0.25, 0.3) is 0 Å². The van der Waals surface area contributed by atoms with Crippen LogP contribution in [0.5, 0.6) is 0 Å². The molecule has 0 unspecified atom stereocenters. The molecule has 0 radical (unpaired) electrons. The lowest BCUT2D eigenvalue weighted by atomic mass is 9.83. The van der Waals surface area contributed by atoms with E-state index in [9.17, 15) is 4.39 Å². The molecule has 1 saturated carbocycles. The van der Waals surface area contributed by atoms with Crippen molar-refractivity contribution in [2.45, 2.75) is 32.1 Å². The topological polar surface area (TPSA) is 32.6 Å². The fourth-order valence-corrected chi connectivity index (χ4v) is 2.37. The van der Waals surface area contributed by atoms with Crippen LogP contribution >= 0.6 is 0 Å². The quantitative estimate of drug-likeness (QED) is 0.462. The highest BCUT2D eigenvalue weighted by Gasteiger charge is 2.21. The van der Waals surface area contributed by atoms with Gasteiger partial charge in [-0.3, -0.25) is 0 Å². The summed E-state index contributed by atoms with van der Waals surface area (Å²) in [7, 11) is 0. The lowest BCUT2D eigenvalue weighted by Gasteiger charge is -2.22. The van der Waals surface area contributed by atoms with Crippen LogP contribution in [0.4, 0.5) is 4.39 Å². The number of hydrogen-bond donors (Lipinski definition) is 1. The maximum Gasteiger partial charge on any atom is 0.123 e. The third-order valence-electron chi connectivity index (χ3n) is 3.24. The van der Waals surface area contributed by atoms with Crippen molar-refractivity contribution in [2.75, 3.05) is 0 Å². The van der Waals surface area contributed by atoms with Gasteiger partial charge in [0.05, 0.1) is 5.71 Å². The third kappa shape index (κ3) is 2.40. The predicted molar refractivity (Wildman–Crippen MR) is 61.3 cm³/mol. The van der Waals surface area contributed by atoms with Crippen molar-refractivity contribution < 1.29 is 9.60 Å². The molecule has 0 heterocycles. The maximum absolute atomic E-state index is 12.8. The average molecular weight is 221 g/mol. The highest BCUT2D eigenvalue weighted by Crippen LogP contribution is 2.27. The molecule has 0 saturated heterocycles. The van der Waals surface area contributed by atoms with E-state index in [0.717, 1.165) is 18.4 Å². The average Bonchev–Trinajstić information content (AvgIpc) is 2.34. The van der Waals surface area contributed by atoms with Crippen LogP contribution in [-0.4, -0.2) is 10.9 Å². The minimum atomic E-state index is -0.260. The number of hydrogen-bond acceptors (Lipinski definition) is 2. The second-order valence-electron chi connectivity index (χ2n) is 4.33. The molecule has 2 rings (SSSR count). The summed E-state index contributed by atoms with van der Waals surface area (Å²) in [5.41, 5.74) is 1.54. The summed E-state index contributed by atoms with van der Waals surface area (Å²) in [5, 5.41) is 12.5. The fraction of sp³-hybridized carbons (Fsp3) is 0.462. The molecule has 0 aromatic heterocycles. The van der Waals surface area contributed by atoms with Gasteiger partial charge < -0.3 is 5.21 Å². The predicted octanol–water partition coefficient (Wildman–Crippen LogP) is 3.58. The molecule has 0 bridgehead atoms. The maximum atomic E-state index is 12.8. The van der Waals surface area contributed by atoms with Gasteiger partial charge in [-0.25, -0.2) is 4.39 Å². The van der Waals surface area contributed by atoms with Crippen molar-refractivity contribution in [3.05, 3.63) is 35.6 Å². The Morgan fingerprint density at radius 2 is 1.75 bits per heavy atom. The Bertz CT molecular complexity index is 366. The Morgan fingerprint density at radius 3 is 2.31 bits per heavy atom. The van der Waals surface area contributed by atoms with Crippen LogP contribution in [0.15, 0.2) is 29.4 Å². The molecule has 1 aromatic rings. The van der Waals surface area contributed by atoms with Crippen molar-refractivity contribution >= 4 is 5.71 Å². The molecule has 16 heavy (non-hydrogen) atoms. The van der Waals surface area contributed by atoms with Crippen LogP contribution in [0.1, 0.15) is 37.7 Å². The third-order valence-corrected chi connectivity index (χ3v) is 3.24. The molecule has 1 fully saturated rings. The van der Waals surface area contributed by atoms with E-state index < -0.39 is 0 Å². The zero-order valence-electron chi connectivity index (χ0n) is 9.19. The Balaban J connectivity index is 2.18. The van der Waals surface area contributed by atoms with Gasteiger partial charge in [0.15, 0.2) is 0 Å². The van der Waals surface area contributed by atoms with Crippen molar-refractivity contribution in [3.8, 4) is 0 Å². The smallest absolute Gasteiger partial charge is 0.123 e. The van der Waals surface area contributed by atoms with Gasteiger partial charge in [0.25, 0.3) is 0 Å². The van der Waals surface area contributed by atoms with E-state index in [4.69, 9.17) is 5.21 Å². The van der Waals surface area contributed by atoms with E-state index in [1.807, 2.05) is 0 Å². The highest BCUT2D eigenvalue weighted by atomic mass is 19.1.